The van der Waals surface area contributed by atoms with Crippen LogP contribution in [0.5, 0.6) is 5.75 Å². The summed E-state index contributed by atoms with van der Waals surface area (Å²) in [6, 6.07) is 13.7. The molecule has 3 aliphatic heterocycles. The smallest absolute Gasteiger partial charge is 0.254 e. The quantitative estimate of drug-likeness (QED) is 0.597. The molecule has 0 unspecified atom stereocenters. The van der Waals surface area contributed by atoms with Crippen LogP contribution in [-0.2, 0) is 17.9 Å². The summed E-state index contributed by atoms with van der Waals surface area (Å²) in [5.41, 5.74) is 3.92. The van der Waals surface area contributed by atoms with Gasteiger partial charge in [0.1, 0.15) is 5.75 Å². The van der Waals surface area contributed by atoms with E-state index >= 15 is 0 Å². The van der Waals surface area contributed by atoms with E-state index in [-0.39, 0.29) is 11.8 Å². The Morgan fingerprint density at radius 1 is 0.879 bits per heavy atom. The van der Waals surface area contributed by atoms with E-state index in [0.717, 1.165) is 48.5 Å². The Kier molecular flexibility index (Phi) is 6.63. The van der Waals surface area contributed by atoms with Crippen molar-refractivity contribution in [2.24, 2.45) is 0 Å². The van der Waals surface area contributed by atoms with Crippen molar-refractivity contribution in [1.82, 2.24) is 9.80 Å². The zero-order valence-electron chi connectivity index (χ0n) is 19.3. The van der Waals surface area contributed by atoms with Crippen molar-refractivity contribution in [1.29, 1.82) is 0 Å². The Bertz CT molecular complexity index is 998. The Labute approximate surface area is 196 Å². The van der Waals surface area contributed by atoms with E-state index in [0.29, 0.717) is 31.7 Å². The molecular weight excluding hydrogens is 414 g/mol. The maximum Gasteiger partial charge on any atom is 0.254 e. The lowest BCUT2D eigenvalue weighted by atomic mass is 10.1. The van der Waals surface area contributed by atoms with Crippen LogP contribution in [0.2, 0.25) is 0 Å². The van der Waals surface area contributed by atoms with Crippen LogP contribution >= 0.6 is 0 Å². The van der Waals surface area contributed by atoms with E-state index in [4.69, 9.17) is 4.74 Å². The third kappa shape index (κ3) is 5.06. The van der Waals surface area contributed by atoms with Crippen LogP contribution in [0.25, 0.3) is 0 Å². The number of ether oxygens (including phenoxy) is 1. The molecule has 2 fully saturated rings. The van der Waals surface area contributed by atoms with Crippen LogP contribution in [-0.4, -0.2) is 54.4 Å². The zero-order valence-corrected chi connectivity index (χ0v) is 19.3. The van der Waals surface area contributed by atoms with E-state index in [1.807, 2.05) is 40.1 Å². The minimum Gasteiger partial charge on any atom is -0.494 e. The van der Waals surface area contributed by atoms with Gasteiger partial charge in [-0.05, 0) is 86.3 Å². The number of hydrogen-bond acceptors (Lipinski definition) is 4. The molecule has 3 aliphatic rings. The van der Waals surface area contributed by atoms with Gasteiger partial charge in [0.2, 0.25) is 5.91 Å². The van der Waals surface area contributed by atoms with Gasteiger partial charge in [0.15, 0.2) is 0 Å². The van der Waals surface area contributed by atoms with Crippen LogP contribution in [0.3, 0.4) is 0 Å². The summed E-state index contributed by atoms with van der Waals surface area (Å²) in [5.74, 6) is 1.03. The molecule has 174 valence electrons. The molecule has 2 aromatic rings. The fourth-order valence-electron chi connectivity index (χ4n) is 5.15. The van der Waals surface area contributed by atoms with Gasteiger partial charge in [-0.3, -0.25) is 9.59 Å². The van der Waals surface area contributed by atoms with Crippen molar-refractivity contribution in [2.75, 3.05) is 37.7 Å². The summed E-state index contributed by atoms with van der Waals surface area (Å²) in [7, 11) is 0. The van der Waals surface area contributed by atoms with Crippen LogP contribution in [0, 0.1) is 0 Å². The molecule has 0 atom stereocenters. The zero-order chi connectivity index (χ0) is 22.6. The maximum atomic E-state index is 13.1. The molecule has 3 heterocycles. The van der Waals surface area contributed by atoms with Crippen molar-refractivity contribution in [2.45, 2.75) is 51.6 Å². The average Bonchev–Trinajstić information content (AvgIpc) is 3.48. The van der Waals surface area contributed by atoms with Gasteiger partial charge in [-0.2, -0.15) is 0 Å². The van der Waals surface area contributed by atoms with Crippen molar-refractivity contribution in [3.63, 3.8) is 0 Å². The third-order valence-corrected chi connectivity index (χ3v) is 7.02. The molecular formula is C27H33N3O3. The Hall–Kier alpha value is -2.86. The molecule has 0 radical (unpaired) electrons. The molecule has 0 saturated carbocycles. The monoisotopic (exact) mass is 447 g/mol. The highest BCUT2D eigenvalue weighted by Crippen LogP contribution is 2.30. The molecule has 0 aliphatic carbocycles. The lowest BCUT2D eigenvalue weighted by Crippen LogP contribution is -2.31. The fraction of sp³-hybridized carbons (Fsp3) is 0.481. The second kappa shape index (κ2) is 9.96. The summed E-state index contributed by atoms with van der Waals surface area (Å²) in [6.07, 6.45) is 6.56. The van der Waals surface area contributed by atoms with Gasteiger partial charge in [-0.25, -0.2) is 0 Å². The molecule has 0 aromatic heterocycles. The number of carbonyl (C=O) groups excluding carboxylic acids is 2. The number of amides is 2. The first-order chi connectivity index (χ1) is 16.2. The minimum absolute atomic E-state index is 0.0293. The van der Waals surface area contributed by atoms with Crippen molar-refractivity contribution in [3.8, 4) is 5.75 Å². The van der Waals surface area contributed by atoms with Crippen LogP contribution in [0.4, 0.5) is 5.69 Å². The summed E-state index contributed by atoms with van der Waals surface area (Å²) >= 11 is 0. The molecule has 6 heteroatoms. The Balaban J connectivity index is 1.13. The van der Waals surface area contributed by atoms with Crippen LogP contribution in [0.15, 0.2) is 42.5 Å². The molecule has 33 heavy (non-hydrogen) atoms. The molecule has 6 nitrogen and oxygen atoms in total. The predicted molar refractivity (Wildman–Crippen MR) is 128 cm³/mol. The number of piperidine rings is 1. The lowest BCUT2D eigenvalue weighted by molar-refractivity contribution is -0.117. The number of rotatable bonds is 7. The van der Waals surface area contributed by atoms with E-state index in [9.17, 15) is 9.59 Å². The minimum atomic E-state index is 0.0293. The number of benzene rings is 2. The highest BCUT2D eigenvalue weighted by molar-refractivity contribution is 5.96. The summed E-state index contributed by atoms with van der Waals surface area (Å²) in [4.78, 5) is 31.4. The van der Waals surface area contributed by atoms with Crippen LogP contribution in [0.1, 0.15) is 60.0 Å². The number of carbonyl (C=O) groups is 2. The molecule has 2 saturated heterocycles. The van der Waals surface area contributed by atoms with E-state index < -0.39 is 0 Å². The van der Waals surface area contributed by atoms with Gasteiger partial charge >= 0.3 is 0 Å². The molecule has 2 aromatic carbocycles. The normalized spacial score (nSPS) is 18.6. The van der Waals surface area contributed by atoms with E-state index in [1.165, 1.54) is 32.4 Å². The lowest BCUT2D eigenvalue weighted by Gasteiger charge is -2.26. The van der Waals surface area contributed by atoms with Crippen molar-refractivity contribution >= 4 is 17.5 Å². The standard InChI is InChI=1S/C27H33N3O3/c31-26-6-4-16-30(26)24-10-7-22-19-29(20-23(22)18-24)27(32)21-8-11-25(12-9-21)33-17-5-15-28-13-2-1-3-14-28/h7-12,18H,1-6,13-17,19-20H2. The van der Waals surface area contributed by atoms with Crippen molar-refractivity contribution in [3.05, 3.63) is 59.2 Å². The van der Waals surface area contributed by atoms with Gasteiger partial charge in [0.25, 0.3) is 5.91 Å². The third-order valence-electron chi connectivity index (χ3n) is 7.02. The molecule has 2 amide bonds. The Morgan fingerprint density at radius 2 is 1.67 bits per heavy atom. The predicted octanol–water partition coefficient (Wildman–Crippen LogP) is 4.22. The number of anilines is 1. The van der Waals surface area contributed by atoms with Crippen molar-refractivity contribution < 1.29 is 14.3 Å². The number of nitrogens with zero attached hydrogens (tertiary/aromatic N) is 3. The Morgan fingerprint density at radius 3 is 2.42 bits per heavy atom. The first-order valence-electron chi connectivity index (χ1n) is 12.3. The number of hydrogen-bond donors (Lipinski definition) is 0. The highest BCUT2D eigenvalue weighted by Gasteiger charge is 2.27. The molecule has 0 bridgehead atoms. The van der Waals surface area contributed by atoms with Gasteiger partial charge in [-0.15, -0.1) is 0 Å². The summed E-state index contributed by atoms with van der Waals surface area (Å²) in [5, 5.41) is 0. The average molecular weight is 448 g/mol. The molecule has 5 rings (SSSR count). The first kappa shape index (κ1) is 22.0. The largest absolute Gasteiger partial charge is 0.494 e. The molecule has 0 spiro atoms. The maximum absolute atomic E-state index is 13.1. The topological polar surface area (TPSA) is 53.1 Å². The SMILES string of the molecule is O=C(c1ccc(OCCCN2CCCCC2)cc1)N1Cc2ccc(N3CCCC3=O)cc2C1. The highest BCUT2D eigenvalue weighted by atomic mass is 16.5. The van der Waals surface area contributed by atoms with E-state index in [2.05, 4.69) is 17.0 Å². The van der Waals surface area contributed by atoms with Gasteiger partial charge in [-0.1, -0.05) is 12.5 Å². The second-order valence-electron chi connectivity index (χ2n) is 9.39. The van der Waals surface area contributed by atoms with Gasteiger partial charge in [0.05, 0.1) is 6.61 Å². The van der Waals surface area contributed by atoms with Gasteiger partial charge < -0.3 is 19.4 Å². The van der Waals surface area contributed by atoms with Gasteiger partial charge in [0, 0.05) is 43.9 Å². The first-order valence-corrected chi connectivity index (χ1v) is 12.3. The fourth-order valence-corrected chi connectivity index (χ4v) is 5.15. The summed E-state index contributed by atoms with van der Waals surface area (Å²) < 4.78 is 5.89. The number of fused-ring (bicyclic) bond motifs is 1. The second-order valence-corrected chi connectivity index (χ2v) is 9.39. The number of likely N-dealkylation sites (tertiary alicyclic amines) is 1. The summed E-state index contributed by atoms with van der Waals surface area (Å²) in [6.45, 7) is 6.21. The van der Waals surface area contributed by atoms with E-state index in [1.54, 1.807) is 0 Å². The van der Waals surface area contributed by atoms with Crippen LogP contribution < -0.4 is 9.64 Å². The molecule has 0 N–H and O–H groups in total.